The lowest BCUT2D eigenvalue weighted by atomic mass is 9.70. The molecule has 6 nitrogen and oxygen atoms in total. The molecular weight excluding hydrogens is 1080 g/mol. The zero-order valence-electron chi connectivity index (χ0n) is 58.7. The summed E-state index contributed by atoms with van der Waals surface area (Å²) in [6, 6.07) is 14.0. The van der Waals surface area contributed by atoms with E-state index in [2.05, 4.69) is 119 Å². The second kappa shape index (κ2) is 52.4. The van der Waals surface area contributed by atoms with Gasteiger partial charge in [-0.05, 0) is 66.2 Å². The third-order valence-electron chi connectivity index (χ3n) is 17.7. The molecule has 0 aliphatic rings. The van der Waals surface area contributed by atoms with Gasteiger partial charge in [-0.25, -0.2) is 0 Å². The molecule has 85 heavy (non-hydrogen) atoms. The summed E-state index contributed by atoms with van der Waals surface area (Å²) < 4.78 is 40.3. The molecule has 0 radical (unpaired) electrons. The highest BCUT2D eigenvalue weighted by molar-refractivity contribution is 7.42. The highest BCUT2D eigenvalue weighted by Gasteiger charge is 2.34. The molecule has 0 N–H and O–H groups in total. The van der Waals surface area contributed by atoms with E-state index >= 15 is 0 Å². The van der Waals surface area contributed by atoms with Crippen molar-refractivity contribution in [2.24, 2.45) is 0 Å². The number of benzene rings is 2. The van der Waals surface area contributed by atoms with Gasteiger partial charge < -0.3 is 27.1 Å². The summed E-state index contributed by atoms with van der Waals surface area (Å²) in [7, 11) is -3.10. The number of hydrogen-bond acceptors (Lipinski definition) is 6. The first-order valence-electron chi connectivity index (χ1n) is 37.0. The molecule has 0 aromatic heterocycles. The first kappa shape index (κ1) is 79.8. The lowest BCUT2D eigenvalue weighted by molar-refractivity contribution is 0.197. The normalized spacial score (nSPS) is 12.4. The molecule has 0 saturated heterocycles. The smallest absolute Gasteiger partial charge is 0.397 e. The van der Waals surface area contributed by atoms with Gasteiger partial charge in [0.1, 0.15) is 11.5 Å². The molecule has 0 aliphatic carbocycles. The van der Waals surface area contributed by atoms with Crippen molar-refractivity contribution in [2.75, 3.05) is 26.4 Å². The van der Waals surface area contributed by atoms with E-state index in [-0.39, 0.29) is 16.2 Å². The van der Waals surface area contributed by atoms with Crippen molar-refractivity contribution < 1.29 is 27.1 Å². The second-order valence-corrected chi connectivity index (χ2v) is 30.4. The van der Waals surface area contributed by atoms with Gasteiger partial charge in [-0.1, -0.05) is 371 Å². The summed E-state index contributed by atoms with van der Waals surface area (Å²) in [5.41, 5.74) is 4.42. The van der Waals surface area contributed by atoms with Crippen molar-refractivity contribution in [3.8, 4) is 11.5 Å². The molecule has 0 atom stereocenters. The fourth-order valence-corrected chi connectivity index (χ4v) is 14.1. The van der Waals surface area contributed by atoms with E-state index in [0.29, 0.717) is 26.4 Å². The van der Waals surface area contributed by atoms with Gasteiger partial charge in [0.15, 0.2) is 0 Å². The molecule has 0 fully saturated rings. The van der Waals surface area contributed by atoms with Crippen molar-refractivity contribution in [1.29, 1.82) is 0 Å². The molecule has 2 aromatic carbocycles. The number of unbranched alkanes of at least 4 members (excludes halogenated alkanes) is 40. The Bertz CT molecular complexity index is 1630. The minimum atomic E-state index is -1.55. The van der Waals surface area contributed by atoms with Crippen LogP contribution in [0.15, 0.2) is 36.4 Å². The van der Waals surface area contributed by atoms with Crippen molar-refractivity contribution in [1.82, 2.24) is 0 Å². The van der Waals surface area contributed by atoms with Crippen LogP contribution in [0.1, 0.15) is 401 Å². The van der Waals surface area contributed by atoms with Gasteiger partial charge in [-0.2, -0.15) is 0 Å². The van der Waals surface area contributed by atoms with E-state index < -0.39 is 17.2 Å². The Morgan fingerprint density at radius 3 is 0.682 bits per heavy atom. The average molecular weight is 1230 g/mol. The third kappa shape index (κ3) is 39.6. The first-order chi connectivity index (χ1) is 41.2. The minimum Gasteiger partial charge on any atom is -0.426 e. The van der Waals surface area contributed by atoms with Crippen LogP contribution in [0.2, 0.25) is 0 Å². The molecule has 0 amide bonds. The molecule has 2 aromatic rings. The minimum absolute atomic E-state index is 0.169. The van der Waals surface area contributed by atoms with Gasteiger partial charge in [0, 0.05) is 16.5 Å². The SMILES string of the molecule is CCCCCCCCCCCCCOP(OCCCCCCCCCCCCC)Oc1ccc(C(C)(CCC)c2ccc(OP(OCCCCCCCCCCCCC)OCCCCCCCCCCCCC)c(C(C)(C)C)c2)cc1C(C)(C)C. The van der Waals surface area contributed by atoms with Gasteiger partial charge in [-0.3, -0.25) is 0 Å². The van der Waals surface area contributed by atoms with E-state index in [4.69, 9.17) is 27.1 Å². The van der Waals surface area contributed by atoms with E-state index in [0.717, 1.165) is 50.0 Å². The fraction of sp³-hybridized carbons (Fsp3) is 0.844. The van der Waals surface area contributed by atoms with Crippen LogP contribution in [0.5, 0.6) is 11.5 Å². The zero-order chi connectivity index (χ0) is 62.0. The van der Waals surface area contributed by atoms with Gasteiger partial charge in [-0.15, -0.1) is 0 Å². The van der Waals surface area contributed by atoms with E-state index in [9.17, 15) is 0 Å². The highest BCUT2D eigenvalue weighted by atomic mass is 31.2. The predicted molar refractivity (Wildman–Crippen MR) is 376 cm³/mol. The Kier molecular flexibility index (Phi) is 49.2. The molecule has 0 aliphatic heterocycles. The quantitative estimate of drug-likeness (QED) is 0.0486. The van der Waals surface area contributed by atoms with Crippen molar-refractivity contribution in [3.05, 3.63) is 58.7 Å². The van der Waals surface area contributed by atoms with Crippen molar-refractivity contribution in [2.45, 2.75) is 395 Å². The highest BCUT2D eigenvalue weighted by Crippen LogP contribution is 2.50. The molecule has 0 bridgehead atoms. The summed E-state index contributed by atoms with van der Waals surface area (Å²) in [6.07, 6.45) is 60.0. The van der Waals surface area contributed by atoms with Crippen LogP contribution in [0.25, 0.3) is 0 Å². The Morgan fingerprint density at radius 2 is 0.482 bits per heavy atom. The van der Waals surface area contributed by atoms with Crippen LogP contribution in [-0.4, -0.2) is 26.4 Å². The van der Waals surface area contributed by atoms with Gasteiger partial charge >= 0.3 is 17.2 Å². The average Bonchev–Trinajstić information content (AvgIpc) is 1.40. The molecule has 0 saturated carbocycles. The van der Waals surface area contributed by atoms with Gasteiger partial charge in [0.05, 0.1) is 26.4 Å². The van der Waals surface area contributed by atoms with Crippen LogP contribution >= 0.6 is 17.2 Å². The molecule has 0 spiro atoms. The maximum atomic E-state index is 6.95. The first-order valence-corrected chi connectivity index (χ1v) is 39.2. The monoisotopic (exact) mass is 1230 g/mol. The van der Waals surface area contributed by atoms with Gasteiger partial charge in [0.25, 0.3) is 0 Å². The van der Waals surface area contributed by atoms with Crippen molar-refractivity contribution in [3.63, 3.8) is 0 Å². The van der Waals surface area contributed by atoms with E-state index in [1.165, 1.54) is 279 Å². The summed E-state index contributed by atoms with van der Waals surface area (Å²) in [5.74, 6) is 1.76. The molecule has 0 unspecified atom stereocenters. The summed E-state index contributed by atoms with van der Waals surface area (Å²) in [4.78, 5) is 0. The van der Waals surface area contributed by atoms with E-state index in [1.807, 2.05) is 0 Å². The van der Waals surface area contributed by atoms with Crippen LogP contribution in [0.3, 0.4) is 0 Å². The number of rotatable bonds is 60. The second-order valence-electron chi connectivity index (χ2n) is 28.1. The van der Waals surface area contributed by atoms with E-state index in [1.54, 1.807) is 0 Å². The molecule has 496 valence electrons. The fourth-order valence-electron chi connectivity index (χ4n) is 12.0. The largest absolute Gasteiger partial charge is 0.426 e. The molecule has 2 rings (SSSR count). The number of hydrogen-bond donors (Lipinski definition) is 0. The Morgan fingerprint density at radius 1 is 0.271 bits per heavy atom. The summed E-state index contributed by atoms with van der Waals surface area (Å²) in [5, 5.41) is 0. The standard InChI is InChI=1S/C77H142O6P2/c1-13-18-22-26-30-34-38-42-46-50-54-63-78-84(79-64-55-51-47-43-39-35-31-27-23-19-14-2)82-73-60-58-69(67-71(73)75(6,7)8)77(12,62-17-5)70-59-61-74(72(68-70)76(9,10)11)83-85(80-65-56-52-48-44-40-36-32-28-24-20-15-3)81-66-57-53-49-45-41-37-33-29-25-21-16-4/h58-61,67-68H,13-57,62-66H2,1-12H3. The Balaban J connectivity index is 2.30. The van der Waals surface area contributed by atoms with Crippen LogP contribution in [0.4, 0.5) is 0 Å². The zero-order valence-corrected chi connectivity index (χ0v) is 60.5. The van der Waals surface area contributed by atoms with Crippen molar-refractivity contribution >= 4 is 17.2 Å². The third-order valence-corrected chi connectivity index (χ3v) is 20.0. The van der Waals surface area contributed by atoms with Crippen LogP contribution in [-0.2, 0) is 34.3 Å². The van der Waals surface area contributed by atoms with Gasteiger partial charge in [0.2, 0.25) is 0 Å². The van der Waals surface area contributed by atoms with Crippen LogP contribution < -0.4 is 9.05 Å². The predicted octanol–water partition coefficient (Wildman–Crippen LogP) is 27.9. The topological polar surface area (TPSA) is 55.4 Å². The summed E-state index contributed by atoms with van der Waals surface area (Å²) in [6.45, 7) is 30.6. The molecule has 0 heterocycles. The molecular formula is C77H142O6P2. The van der Waals surface area contributed by atoms with Crippen LogP contribution in [0, 0.1) is 0 Å². The summed E-state index contributed by atoms with van der Waals surface area (Å²) >= 11 is 0. The lowest BCUT2D eigenvalue weighted by Gasteiger charge is -2.35. The lowest BCUT2D eigenvalue weighted by Crippen LogP contribution is -2.26. The Labute approximate surface area is 532 Å². The maximum absolute atomic E-state index is 6.95. The Hall–Kier alpha value is -1.26. The molecule has 8 heteroatoms. The maximum Gasteiger partial charge on any atom is 0.397 e.